The van der Waals surface area contributed by atoms with Gasteiger partial charge in [0.15, 0.2) is 11.5 Å². The summed E-state index contributed by atoms with van der Waals surface area (Å²) in [4.78, 5) is 26.3. The monoisotopic (exact) mass is 421 g/mol. The number of likely N-dealkylation sites (tertiary alicyclic amines) is 1. The summed E-state index contributed by atoms with van der Waals surface area (Å²) in [6.07, 6.45) is -4.23. The molecule has 3 aliphatic heterocycles. The van der Waals surface area contributed by atoms with Crippen molar-refractivity contribution in [1.82, 2.24) is 14.8 Å². The molecular weight excluding hydrogens is 403 g/mol. The number of aromatic nitrogens is 1. The number of ether oxygens (including phenoxy) is 2. The lowest BCUT2D eigenvalue weighted by molar-refractivity contribution is -0.318. The first-order chi connectivity index (χ1) is 14.3. The highest BCUT2D eigenvalue weighted by Crippen LogP contribution is 2.45. The van der Waals surface area contributed by atoms with Crippen molar-refractivity contribution >= 4 is 6.03 Å². The van der Waals surface area contributed by atoms with Crippen molar-refractivity contribution in [2.45, 2.75) is 31.0 Å². The maximum atomic E-state index is 13.9. The van der Waals surface area contributed by atoms with E-state index in [4.69, 9.17) is 9.47 Å². The average Bonchev–Trinajstić information content (AvgIpc) is 3.08. The molecule has 1 aromatic carbocycles. The number of pyridine rings is 1. The molecule has 2 bridgehead atoms. The number of hydrogen-bond donors (Lipinski definition) is 1. The van der Waals surface area contributed by atoms with E-state index < -0.39 is 18.1 Å². The molecule has 0 aliphatic carbocycles. The molecule has 2 amide bonds. The summed E-state index contributed by atoms with van der Waals surface area (Å²) in [6.45, 7) is 0.870. The van der Waals surface area contributed by atoms with E-state index in [9.17, 15) is 22.8 Å². The number of urea groups is 1. The summed E-state index contributed by atoms with van der Waals surface area (Å²) in [7, 11) is 0. The van der Waals surface area contributed by atoms with Crippen LogP contribution in [0.2, 0.25) is 0 Å². The van der Waals surface area contributed by atoms with Crippen LogP contribution in [0, 0.1) is 5.92 Å². The van der Waals surface area contributed by atoms with Crippen molar-refractivity contribution in [3.05, 3.63) is 58.5 Å². The molecule has 3 aliphatic rings. The van der Waals surface area contributed by atoms with Gasteiger partial charge in [0.2, 0.25) is 0 Å². The third kappa shape index (κ3) is 2.89. The van der Waals surface area contributed by atoms with Crippen LogP contribution in [0.5, 0.6) is 11.5 Å². The fraction of sp³-hybridized carbons (Fsp3) is 0.400. The molecule has 2 aromatic rings. The Morgan fingerprint density at radius 1 is 1.03 bits per heavy atom. The minimum Gasteiger partial charge on any atom is -0.424 e. The van der Waals surface area contributed by atoms with Crippen LogP contribution < -0.4 is 20.3 Å². The van der Waals surface area contributed by atoms with Crippen molar-refractivity contribution < 1.29 is 27.4 Å². The van der Waals surface area contributed by atoms with Crippen LogP contribution in [0.3, 0.4) is 0 Å². The second-order valence-corrected chi connectivity index (χ2v) is 7.80. The summed E-state index contributed by atoms with van der Waals surface area (Å²) in [6, 6.07) is 9.74. The first-order valence-corrected chi connectivity index (χ1v) is 9.56. The number of carbonyl (C=O) groups is 1. The number of piperidine rings is 1. The number of amides is 2. The Hall–Kier alpha value is -3.17. The predicted octanol–water partition coefficient (Wildman–Crippen LogP) is 2.66. The minimum atomic E-state index is -5.01. The van der Waals surface area contributed by atoms with Gasteiger partial charge in [0.1, 0.15) is 0 Å². The molecule has 4 heterocycles. The molecule has 158 valence electrons. The normalized spacial score (nSPS) is 23.6. The van der Waals surface area contributed by atoms with Crippen molar-refractivity contribution in [2.24, 2.45) is 5.92 Å². The number of rotatable bonds is 1. The quantitative estimate of drug-likeness (QED) is 0.769. The zero-order valence-corrected chi connectivity index (χ0v) is 15.7. The van der Waals surface area contributed by atoms with E-state index in [2.05, 4.69) is 0 Å². The predicted molar refractivity (Wildman–Crippen MR) is 98.1 cm³/mol. The number of para-hydroxylation sites is 2. The molecule has 2 atom stereocenters. The Labute approximate surface area is 169 Å². The second-order valence-electron chi connectivity index (χ2n) is 7.80. The highest BCUT2D eigenvalue weighted by atomic mass is 19.4. The van der Waals surface area contributed by atoms with Crippen molar-refractivity contribution in [3.63, 3.8) is 0 Å². The lowest BCUT2D eigenvalue weighted by Crippen LogP contribution is -2.67. The maximum absolute atomic E-state index is 13.9. The summed E-state index contributed by atoms with van der Waals surface area (Å²) in [5.74, 6) is -3.62. The number of fused-ring (bicyclic) bond motifs is 5. The molecule has 1 aromatic heterocycles. The maximum Gasteiger partial charge on any atom is 0.492 e. The summed E-state index contributed by atoms with van der Waals surface area (Å²) >= 11 is 0. The molecule has 0 radical (unpaired) electrons. The van der Waals surface area contributed by atoms with Gasteiger partial charge in [-0.1, -0.05) is 18.2 Å². The Morgan fingerprint density at radius 3 is 2.40 bits per heavy atom. The minimum absolute atomic E-state index is 0.0217. The molecular formula is C20H18F3N3O4. The molecule has 10 heteroatoms. The van der Waals surface area contributed by atoms with Crippen molar-refractivity contribution in [2.75, 3.05) is 13.1 Å². The Kier molecular flexibility index (Phi) is 4.03. The average molecular weight is 421 g/mol. The first kappa shape index (κ1) is 18.8. The van der Waals surface area contributed by atoms with E-state index >= 15 is 0 Å². The lowest BCUT2D eigenvalue weighted by Gasteiger charge is -2.43. The van der Waals surface area contributed by atoms with Crippen LogP contribution in [0.1, 0.15) is 18.0 Å². The fourth-order valence-electron chi connectivity index (χ4n) is 4.47. The summed E-state index contributed by atoms with van der Waals surface area (Å²) in [5, 5.41) is 1.92. The molecule has 30 heavy (non-hydrogen) atoms. The van der Waals surface area contributed by atoms with E-state index in [0.717, 1.165) is 12.1 Å². The van der Waals surface area contributed by atoms with Crippen LogP contribution in [-0.2, 0) is 6.54 Å². The van der Waals surface area contributed by atoms with Gasteiger partial charge < -0.3 is 18.9 Å². The van der Waals surface area contributed by atoms with Crippen LogP contribution in [0.25, 0.3) is 0 Å². The number of nitrogens with zero attached hydrogens (tertiary/aromatic N) is 2. The molecule has 1 fully saturated rings. The van der Waals surface area contributed by atoms with E-state index in [1.54, 1.807) is 10.6 Å². The number of halogens is 3. The van der Waals surface area contributed by atoms with Gasteiger partial charge in [0, 0.05) is 37.3 Å². The largest absolute Gasteiger partial charge is 0.492 e. The standard InChI is InChI=1S/C20H18F3N3O4/c21-19(22,23)20(29-15-5-1-2-6-16(15)30-20)24-18(28)25-9-12-8-13(11-25)14-4-3-7-17(27)26(14)10-12/h1-7,12-13H,8-11H2,(H,24,28)/t12-,13-/m0/s1. The Morgan fingerprint density at radius 2 is 1.73 bits per heavy atom. The molecule has 0 unspecified atom stereocenters. The molecule has 5 rings (SSSR count). The zero-order valence-electron chi connectivity index (χ0n) is 15.7. The van der Waals surface area contributed by atoms with Gasteiger partial charge in [-0.3, -0.25) is 10.1 Å². The Bertz CT molecular complexity index is 1040. The first-order valence-electron chi connectivity index (χ1n) is 9.56. The molecule has 1 saturated heterocycles. The Balaban J connectivity index is 1.39. The van der Waals surface area contributed by atoms with E-state index in [1.165, 1.54) is 35.2 Å². The van der Waals surface area contributed by atoms with Gasteiger partial charge in [0.05, 0.1) is 0 Å². The highest BCUT2D eigenvalue weighted by Gasteiger charge is 2.66. The summed E-state index contributed by atoms with van der Waals surface area (Å²) in [5.41, 5.74) is 0.684. The van der Waals surface area contributed by atoms with Gasteiger partial charge in [0.25, 0.3) is 5.56 Å². The van der Waals surface area contributed by atoms with Crippen molar-refractivity contribution in [3.8, 4) is 11.5 Å². The van der Waals surface area contributed by atoms with Gasteiger partial charge in [-0.25, -0.2) is 4.79 Å². The number of nitrogens with one attached hydrogen (secondary N) is 1. The van der Waals surface area contributed by atoms with Gasteiger partial charge >= 0.3 is 18.1 Å². The number of alkyl halides is 3. The smallest absolute Gasteiger partial charge is 0.424 e. The number of benzene rings is 1. The van der Waals surface area contributed by atoms with E-state index in [-0.39, 0.29) is 42.0 Å². The SMILES string of the molecule is O=C(NC1(C(F)(F)F)Oc2ccccc2O1)N1C[C@@H]2C[C@@H](C1)c1cccc(=O)n1C2. The fourth-order valence-corrected chi connectivity index (χ4v) is 4.47. The summed E-state index contributed by atoms with van der Waals surface area (Å²) < 4.78 is 53.3. The number of hydrogen-bond acceptors (Lipinski definition) is 4. The third-order valence-corrected chi connectivity index (χ3v) is 5.77. The van der Waals surface area contributed by atoms with Crippen molar-refractivity contribution in [1.29, 1.82) is 0 Å². The third-order valence-electron chi connectivity index (χ3n) is 5.77. The lowest BCUT2D eigenvalue weighted by atomic mass is 9.83. The van der Waals surface area contributed by atoms with Crippen LogP contribution in [0.15, 0.2) is 47.3 Å². The van der Waals surface area contributed by atoms with Gasteiger partial charge in [-0.15, -0.1) is 0 Å². The molecule has 0 saturated carbocycles. The van der Waals surface area contributed by atoms with Crippen LogP contribution >= 0.6 is 0 Å². The topological polar surface area (TPSA) is 72.8 Å². The van der Waals surface area contributed by atoms with Crippen LogP contribution in [-0.4, -0.2) is 40.7 Å². The molecule has 1 N–H and O–H groups in total. The number of carbonyl (C=O) groups excluding carboxylic acids is 1. The molecule has 7 nitrogen and oxygen atoms in total. The van der Waals surface area contributed by atoms with Crippen LogP contribution in [0.4, 0.5) is 18.0 Å². The van der Waals surface area contributed by atoms with E-state index in [0.29, 0.717) is 6.54 Å². The van der Waals surface area contributed by atoms with E-state index in [1.807, 2.05) is 11.4 Å². The highest BCUT2D eigenvalue weighted by molar-refractivity contribution is 5.75. The molecule has 0 spiro atoms. The zero-order chi connectivity index (χ0) is 21.1. The van der Waals surface area contributed by atoms with Gasteiger partial charge in [-0.05, 0) is 30.5 Å². The second kappa shape index (κ2) is 6.41. The van der Waals surface area contributed by atoms with Gasteiger partial charge in [-0.2, -0.15) is 13.2 Å².